The summed E-state index contributed by atoms with van der Waals surface area (Å²) in [5.41, 5.74) is 2.38. The van der Waals surface area contributed by atoms with Crippen LogP contribution in [0.15, 0.2) is 16.6 Å². The minimum absolute atomic E-state index is 0.377. The van der Waals surface area contributed by atoms with Crippen LogP contribution in [0.5, 0.6) is 5.75 Å². The van der Waals surface area contributed by atoms with Gasteiger partial charge < -0.3 is 9.47 Å². The van der Waals surface area contributed by atoms with Crippen molar-refractivity contribution in [2.75, 3.05) is 6.79 Å². The van der Waals surface area contributed by atoms with Gasteiger partial charge in [-0.05, 0) is 24.1 Å². The molecule has 3 heteroatoms. The van der Waals surface area contributed by atoms with Crippen molar-refractivity contribution in [2.45, 2.75) is 20.0 Å². The Morgan fingerprint density at radius 2 is 2.31 bits per heavy atom. The third kappa shape index (κ3) is 1.71. The molecule has 0 radical (unpaired) electrons. The predicted molar refractivity (Wildman–Crippen MR) is 53.8 cm³/mol. The lowest BCUT2D eigenvalue weighted by Gasteiger charge is -2.20. The van der Waals surface area contributed by atoms with E-state index in [0.29, 0.717) is 13.4 Å². The summed E-state index contributed by atoms with van der Waals surface area (Å²) < 4.78 is 11.8. The summed E-state index contributed by atoms with van der Waals surface area (Å²) >= 11 is 3.47. The molecule has 0 spiro atoms. The molecule has 0 aromatic heterocycles. The van der Waals surface area contributed by atoms with Crippen molar-refractivity contribution in [1.82, 2.24) is 0 Å². The number of fused-ring (bicyclic) bond motifs is 1. The van der Waals surface area contributed by atoms with Crippen molar-refractivity contribution in [3.63, 3.8) is 0 Å². The first-order valence-corrected chi connectivity index (χ1v) is 5.12. The lowest BCUT2D eigenvalue weighted by Crippen LogP contribution is -2.12. The molecule has 0 saturated heterocycles. The second-order valence-electron chi connectivity index (χ2n) is 3.02. The van der Waals surface area contributed by atoms with E-state index in [-0.39, 0.29) is 0 Å². The molecule has 2 nitrogen and oxygen atoms in total. The van der Waals surface area contributed by atoms with Crippen molar-refractivity contribution in [3.05, 3.63) is 27.7 Å². The Morgan fingerprint density at radius 3 is 3.08 bits per heavy atom. The Kier molecular flexibility index (Phi) is 2.56. The van der Waals surface area contributed by atoms with Gasteiger partial charge in [0.05, 0.1) is 6.61 Å². The van der Waals surface area contributed by atoms with E-state index < -0.39 is 0 Å². The maximum absolute atomic E-state index is 5.46. The molecule has 13 heavy (non-hydrogen) atoms. The van der Waals surface area contributed by atoms with Crippen LogP contribution in [0.2, 0.25) is 0 Å². The molecule has 0 atom stereocenters. The first kappa shape index (κ1) is 9.03. The standard InChI is InChI=1S/C10H11BrO2/c1-2-7-3-9(11)4-8-5-12-6-13-10(7)8/h3-4H,2,5-6H2,1H3. The molecule has 0 unspecified atom stereocenters. The SMILES string of the molecule is CCc1cc(Br)cc2c1OCOC2. The molecule has 1 heterocycles. The monoisotopic (exact) mass is 242 g/mol. The van der Waals surface area contributed by atoms with Crippen LogP contribution in [0.4, 0.5) is 0 Å². The zero-order chi connectivity index (χ0) is 9.26. The summed E-state index contributed by atoms with van der Waals surface area (Å²) in [4.78, 5) is 0. The van der Waals surface area contributed by atoms with Crippen LogP contribution in [-0.4, -0.2) is 6.79 Å². The third-order valence-corrected chi connectivity index (χ3v) is 2.59. The van der Waals surface area contributed by atoms with Gasteiger partial charge in [-0.15, -0.1) is 0 Å². The molecular weight excluding hydrogens is 232 g/mol. The highest BCUT2D eigenvalue weighted by molar-refractivity contribution is 9.10. The van der Waals surface area contributed by atoms with Crippen LogP contribution in [0.25, 0.3) is 0 Å². The van der Waals surface area contributed by atoms with E-state index >= 15 is 0 Å². The smallest absolute Gasteiger partial charge is 0.189 e. The molecule has 1 aromatic carbocycles. The molecule has 1 aliphatic heterocycles. The van der Waals surface area contributed by atoms with Crippen LogP contribution in [0.3, 0.4) is 0 Å². The molecule has 2 rings (SSSR count). The van der Waals surface area contributed by atoms with E-state index in [9.17, 15) is 0 Å². The summed E-state index contributed by atoms with van der Waals surface area (Å²) in [6.45, 7) is 3.16. The van der Waals surface area contributed by atoms with Gasteiger partial charge in [0, 0.05) is 10.0 Å². The average Bonchev–Trinajstić information content (AvgIpc) is 2.16. The highest BCUT2D eigenvalue weighted by atomic mass is 79.9. The van der Waals surface area contributed by atoms with Gasteiger partial charge in [-0.3, -0.25) is 0 Å². The molecule has 0 fully saturated rings. The van der Waals surface area contributed by atoms with Gasteiger partial charge in [0.25, 0.3) is 0 Å². The van der Waals surface area contributed by atoms with Crippen LogP contribution < -0.4 is 4.74 Å². The average molecular weight is 243 g/mol. The van der Waals surface area contributed by atoms with E-state index in [4.69, 9.17) is 9.47 Å². The van der Waals surface area contributed by atoms with Crippen molar-refractivity contribution < 1.29 is 9.47 Å². The molecule has 0 N–H and O–H groups in total. The second kappa shape index (κ2) is 3.68. The van der Waals surface area contributed by atoms with Gasteiger partial charge in [0.2, 0.25) is 0 Å². The molecule has 1 aromatic rings. The zero-order valence-corrected chi connectivity index (χ0v) is 9.06. The van der Waals surface area contributed by atoms with Crippen LogP contribution >= 0.6 is 15.9 Å². The molecule has 0 saturated carbocycles. The number of halogens is 1. The fourth-order valence-corrected chi connectivity index (χ4v) is 2.07. The fraction of sp³-hybridized carbons (Fsp3) is 0.400. The summed E-state index contributed by atoms with van der Waals surface area (Å²) in [7, 11) is 0. The number of benzene rings is 1. The minimum Gasteiger partial charge on any atom is -0.467 e. The first-order valence-electron chi connectivity index (χ1n) is 4.33. The van der Waals surface area contributed by atoms with Gasteiger partial charge in [-0.2, -0.15) is 0 Å². The number of hydrogen-bond acceptors (Lipinski definition) is 2. The lowest BCUT2D eigenvalue weighted by molar-refractivity contribution is -0.0170. The highest BCUT2D eigenvalue weighted by Crippen LogP contribution is 2.31. The normalized spacial score (nSPS) is 14.9. The summed E-state index contributed by atoms with van der Waals surface area (Å²) in [6, 6.07) is 4.15. The number of aryl methyl sites for hydroxylation is 1. The Balaban J connectivity index is 2.50. The lowest BCUT2D eigenvalue weighted by atomic mass is 10.1. The van der Waals surface area contributed by atoms with Crippen molar-refractivity contribution in [3.8, 4) is 5.75 Å². The Morgan fingerprint density at radius 1 is 1.46 bits per heavy atom. The molecule has 1 aliphatic rings. The first-order chi connectivity index (χ1) is 6.31. The Hall–Kier alpha value is -0.540. The summed E-state index contributed by atoms with van der Waals surface area (Å²) in [5, 5.41) is 0. The topological polar surface area (TPSA) is 18.5 Å². The second-order valence-corrected chi connectivity index (χ2v) is 3.93. The van der Waals surface area contributed by atoms with Crippen molar-refractivity contribution in [2.24, 2.45) is 0 Å². The van der Waals surface area contributed by atoms with Gasteiger partial charge in [0.1, 0.15) is 5.75 Å². The van der Waals surface area contributed by atoms with E-state index in [2.05, 4.69) is 28.9 Å². The predicted octanol–water partition coefficient (Wildman–Crippen LogP) is 2.88. The van der Waals surface area contributed by atoms with Crippen LogP contribution in [0, 0.1) is 0 Å². The van der Waals surface area contributed by atoms with Gasteiger partial charge in [-0.1, -0.05) is 22.9 Å². The van der Waals surface area contributed by atoms with Gasteiger partial charge in [-0.25, -0.2) is 0 Å². The van der Waals surface area contributed by atoms with E-state index in [1.807, 2.05) is 6.07 Å². The quantitative estimate of drug-likeness (QED) is 0.755. The summed E-state index contributed by atoms with van der Waals surface area (Å²) in [5.74, 6) is 1.01. The van der Waals surface area contributed by atoms with E-state index in [1.165, 1.54) is 5.56 Å². The van der Waals surface area contributed by atoms with Crippen molar-refractivity contribution >= 4 is 15.9 Å². The molecule has 0 amide bonds. The van der Waals surface area contributed by atoms with Crippen LogP contribution in [0.1, 0.15) is 18.1 Å². The number of hydrogen-bond donors (Lipinski definition) is 0. The van der Waals surface area contributed by atoms with Gasteiger partial charge >= 0.3 is 0 Å². The summed E-state index contributed by atoms with van der Waals surface area (Å²) in [6.07, 6.45) is 0.988. The zero-order valence-electron chi connectivity index (χ0n) is 7.47. The third-order valence-electron chi connectivity index (χ3n) is 2.13. The molecule has 0 bridgehead atoms. The number of rotatable bonds is 1. The maximum Gasteiger partial charge on any atom is 0.189 e. The largest absolute Gasteiger partial charge is 0.467 e. The van der Waals surface area contributed by atoms with E-state index in [0.717, 1.165) is 22.2 Å². The Bertz CT molecular complexity index is 306. The minimum atomic E-state index is 0.377. The highest BCUT2D eigenvalue weighted by Gasteiger charge is 2.14. The molecule has 70 valence electrons. The maximum atomic E-state index is 5.46. The van der Waals surface area contributed by atoms with Crippen molar-refractivity contribution in [1.29, 1.82) is 0 Å². The fourth-order valence-electron chi connectivity index (χ4n) is 1.52. The molecule has 0 aliphatic carbocycles. The Labute approximate surface area is 86.0 Å². The molecular formula is C10H11BrO2. The van der Waals surface area contributed by atoms with E-state index in [1.54, 1.807) is 0 Å². The number of ether oxygens (including phenoxy) is 2. The van der Waals surface area contributed by atoms with Crippen LogP contribution in [-0.2, 0) is 17.8 Å². The van der Waals surface area contributed by atoms with Gasteiger partial charge in [0.15, 0.2) is 6.79 Å².